The van der Waals surface area contributed by atoms with Crippen molar-refractivity contribution in [1.82, 2.24) is 24.9 Å². The number of ketones is 1. The number of carbonyl (C=O) groups is 3. The Morgan fingerprint density at radius 1 is 1.09 bits per heavy atom. The van der Waals surface area contributed by atoms with Crippen LogP contribution in [0.3, 0.4) is 0 Å². The molecular weight excluding hydrogens is 446 g/mol. The number of pyridine rings is 1. The van der Waals surface area contributed by atoms with Crippen molar-refractivity contribution in [2.45, 2.75) is 13.8 Å². The normalized spacial score (nSPS) is 13.9. The Labute approximate surface area is 201 Å². The summed E-state index contributed by atoms with van der Waals surface area (Å²) in [7, 11) is 0. The molecule has 0 bridgehead atoms. The van der Waals surface area contributed by atoms with Crippen LogP contribution in [0.15, 0.2) is 65.6 Å². The first-order chi connectivity index (χ1) is 16.9. The Bertz CT molecular complexity index is 1460. The summed E-state index contributed by atoms with van der Waals surface area (Å²) in [6, 6.07) is 10.7. The second-order valence-corrected chi connectivity index (χ2v) is 8.43. The first-order valence-corrected chi connectivity index (χ1v) is 11.1. The van der Waals surface area contributed by atoms with E-state index in [9.17, 15) is 14.4 Å². The third-order valence-electron chi connectivity index (χ3n) is 6.21. The fourth-order valence-corrected chi connectivity index (χ4v) is 4.46. The number of nitrogens with zero attached hydrogens (tertiary/aromatic N) is 4. The number of hydrogen-bond acceptors (Lipinski definition) is 6. The molecule has 4 aromatic rings. The Morgan fingerprint density at radius 2 is 1.86 bits per heavy atom. The molecule has 9 nitrogen and oxygen atoms in total. The van der Waals surface area contributed by atoms with Gasteiger partial charge in [-0.25, -0.2) is 0 Å². The molecule has 0 saturated carbocycles. The molecule has 1 aromatic carbocycles. The molecule has 0 spiro atoms. The second kappa shape index (κ2) is 8.68. The lowest BCUT2D eigenvalue weighted by atomic mass is 10.0. The van der Waals surface area contributed by atoms with E-state index in [-0.39, 0.29) is 24.6 Å². The lowest BCUT2D eigenvalue weighted by Gasteiger charge is -2.36. The van der Waals surface area contributed by atoms with E-state index in [1.54, 1.807) is 35.4 Å². The molecule has 1 aliphatic rings. The summed E-state index contributed by atoms with van der Waals surface area (Å²) in [6.45, 7) is 8.25. The van der Waals surface area contributed by atoms with Crippen LogP contribution >= 0.6 is 0 Å². The number of piperazine rings is 1. The van der Waals surface area contributed by atoms with E-state index in [2.05, 4.69) is 21.7 Å². The maximum Gasteiger partial charge on any atom is 0.299 e. The molecule has 1 saturated heterocycles. The monoisotopic (exact) mass is 469 g/mol. The Hall–Kier alpha value is -4.53. The number of Topliss-reactive ketones (excluding diaryl/α,β-unsaturated/α-hetero) is 1. The predicted molar refractivity (Wildman–Crippen MR) is 129 cm³/mol. The standard InChI is InChI=1S/C26H23N5O4/c1-15-14-30(25(33)18-7-5-4-6-8-18)11-12-31(15)26(34)24(32)20-13-28-22-19(9-10-27-23(20)22)21-16(2)29-35-17(21)3/h4-10,13,28H,1,11-12,14H2,2-3H3. The molecule has 35 heavy (non-hydrogen) atoms. The van der Waals surface area contributed by atoms with Gasteiger partial charge in [-0.3, -0.25) is 19.4 Å². The van der Waals surface area contributed by atoms with Crippen molar-refractivity contribution in [2.75, 3.05) is 19.6 Å². The second-order valence-electron chi connectivity index (χ2n) is 8.43. The van der Waals surface area contributed by atoms with Gasteiger partial charge in [0.2, 0.25) is 0 Å². The number of H-pyrrole nitrogens is 1. The molecule has 9 heteroatoms. The summed E-state index contributed by atoms with van der Waals surface area (Å²) in [6.07, 6.45) is 3.09. The van der Waals surface area contributed by atoms with Crippen molar-refractivity contribution in [3.05, 3.63) is 83.6 Å². The van der Waals surface area contributed by atoms with Gasteiger partial charge in [0.15, 0.2) is 0 Å². The van der Waals surface area contributed by atoms with Crippen LogP contribution in [0.25, 0.3) is 22.2 Å². The molecule has 4 heterocycles. The third-order valence-corrected chi connectivity index (χ3v) is 6.21. The van der Waals surface area contributed by atoms with Gasteiger partial charge in [0.1, 0.15) is 5.76 Å². The minimum absolute atomic E-state index is 0.141. The quantitative estimate of drug-likeness (QED) is 0.362. The van der Waals surface area contributed by atoms with Crippen molar-refractivity contribution >= 4 is 28.6 Å². The predicted octanol–water partition coefficient (Wildman–Crippen LogP) is 3.52. The van der Waals surface area contributed by atoms with Crippen molar-refractivity contribution in [2.24, 2.45) is 0 Å². The van der Waals surface area contributed by atoms with E-state index in [1.165, 1.54) is 11.1 Å². The van der Waals surface area contributed by atoms with Gasteiger partial charge in [0, 0.05) is 47.9 Å². The van der Waals surface area contributed by atoms with Crippen LogP contribution < -0.4 is 0 Å². The van der Waals surface area contributed by atoms with Gasteiger partial charge in [0.05, 0.1) is 28.8 Å². The molecule has 1 N–H and O–H groups in total. The van der Waals surface area contributed by atoms with Crippen molar-refractivity contribution in [3.63, 3.8) is 0 Å². The Kier molecular flexibility index (Phi) is 5.52. The van der Waals surface area contributed by atoms with Gasteiger partial charge in [-0.05, 0) is 32.0 Å². The van der Waals surface area contributed by atoms with Crippen LogP contribution in [0, 0.1) is 13.8 Å². The number of amides is 2. The summed E-state index contributed by atoms with van der Waals surface area (Å²) in [4.78, 5) is 49.6. The van der Waals surface area contributed by atoms with Gasteiger partial charge in [0.25, 0.3) is 17.6 Å². The molecule has 176 valence electrons. The summed E-state index contributed by atoms with van der Waals surface area (Å²) < 4.78 is 5.29. The largest absolute Gasteiger partial charge is 0.361 e. The Morgan fingerprint density at radius 3 is 2.54 bits per heavy atom. The number of rotatable bonds is 4. The van der Waals surface area contributed by atoms with E-state index in [1.807, 2.05) is 26.0 Å². The first-order valence-electron chi connectivity index (χ1n) is 11.1. The summed E-state index contributed by atoms with van der Waals surface area (Å²) >= 11 is 0. The highest BCUT2D eigenvalue weighted by molar-refractivity contribution is 6.45. The van der Waals surface area contributed by atoms with Crippen LogP contribution in [0.2, 0.25) is 0 Å². The fraction of sp³-hybridized carbons (Fsp3) is 0.192. The molecule has 0 atom stereocenters. The maximum absolute atomic E-state index is 13.2. The smallest absolute Gasteiger partial charge is 0.299 e. The molecular formula is C26H23N5O4. The fourth-order valence-electron chi connectivity index (χ4n) is 4.46. The topological polar surface area (TPSA) is 112 Å². The lowest BCUT2D eigenvalue weighted by Crippen LogP contribution is -2.50. The van der Waals surface area contributed by atoms with E-state index < -0.39 is 11.7 Å². The van der Waals surface area contributed by atoms with Crippen molar-refractivity contribution < 1.29 is 18.9 Å². The summed E-state index contributed by atoms with van der Waals surface area (Å²) in [5, 5.41) is 4.00. The molecule has 0 aliphatic carbocycles. The molecule has 0 radical (unpaired) electrons. The summed E-state index contributed by atoms with van der Waals surface area (Å²) in [5.41, 5.74) is 4.46. The minimum Gasteiger partial charge on any atom is -0.361 e. The van der Waals surface area contributed by atoms with Crippen LogP contribution in [0.4, 0.5) is 0 Å². The molecule has 0 unspecified atom stereocenters. The molecule has 1 fully saturated rings. The molecule has 1 aliphatic heterocycles. The van der Waals surface area contributed by atoms with Crippen LogP contribution in [-0.4, -0.2) is 62.2 Å². The number of hydrogen-bond donors (Lipinski definition) is 1. The highest BCUT2D eigenvalue weighted by atomic mass is 16.5. The highest BCUT2D eigenvalue weighted by Crippen LogP contribution is 2.33. The number of aromatic nitrogens is 3. The number of benzene rings is 1. The first kappa shape index (κ1) is 22.3. The molecule has 3 aromatic heterocycles. The third kappa shape index (κ3) is 3.80. The van der Waals surface area contributed by atoms with E-state index in [0.717, 1.165) is 11.1 Å². The summed E-state index contributed by atoms with van der Waals surface area (Å²) in [5.74, 6) is -0.887. The zero-order chi connectivity index (χ0) is 24.7. The highest BCUT2D eigenvalue weighted by Gasteiger charge is 2.33. The van der Waals surface area contributed by atoms with Crippen LogP contribution in [0.1, 0.15) is 32.2 Å². The number of fused-ring (bicyclic) bond motifs is 1. The van der Waals surface area contributed by atoms with Gasteiger partial charge in [-0.15, -0.1) is 0 Å². The number of aromatic amines is 1. The van der Waals surface area contributed by atoms with Crippen molar-refractivity contribution in [3.8, 4) is 11.1 Å². The van der Waals surface area contributed by atoms with Gasteiger partial charge in [-0.1, -0.05) is 29.9 Å². The van der Waals surface area contributed by atoms with Crippen molar-refractivity contribution in [1.29, 1.82) is 0 Å². The van der Waals surface area contributed by atoms with Gasteiger partial charge < -0.3 is 19.3 Å². The number of nitrogens with one attached hydrogen (secondary N) is 1. The Balaban J connectivity index is 1.37. The zero-order valence-electron chi connectivity index (χ0n) is 19.4. The lowest BCUT2D eigenvalue weighted by molar-refractivity contribution is -0.125. The number of carbonyl (C=O) groups excluding carboxylic acids is 3. The van der Waals surface area contributed by atoms with E-state index >= 15 is 0 Å². The average Bonchev–Trinajstić information content (AvgIpc) is 3.46. The van der Waals surface area contributed by atoms with Gasteiger partial charge >= 0.3 is 0 Å². The van der Waals surface area contributed by atoms with E-state index in [4.69, 9.17) is 4.52 Å². The minimum atomic E-state index is -0.702. The zero-order valence-corrected chi connectivity index (χ0v) is 19.4. The average molecular weight is 470 g/mol. The molecule has 5 rings (SSSR count). The molecule has 2 amide bonds. The van der Waals surface area contributed by atoms with Crippen LogP contribution in [-0.2, 0) is 4.79 Å². The van der Waals surface area contributed by atoms with Gasteiger partial charge in [-0.2, -0.15) is 0 Å². The number of aryl methyl sites for hydroxylation is 2. The maximum atomic E-state index is 13.2. The van der Waals surface area contributed by atoms with E-state index in [0.29, 0.717) is 40.3 Å². The van der Waals surface area contributed by atoms with Crippen LogP contribution in [0.5, 0.6) is 0 Å². The SMILES string of the molecule is C=C1CN(C(=O)c2ccccc2)CCN1C(=O)C(=O)c1c[nH]c2c(-c3c(C)noc3C)ccnc12.